The van der Waals surface area contributed by atoms with E-state index in [-0.39, 0.29) is 12.1 Å². The number of urea groups is 1. The van der Waals surface area contributed by atoms with Gasteiger partial charge in [-0.3, -0.25) is 0 Å². The summed E-state index contributed by atoms with van der Waals surface area (Å²) in [6.07, 6.45) is -0.0812. The van der Waals surface area contributed by atoms with Gasteiger partial charge in [-0.1, -0.05) is 18.2 Å². The van der Waals surface area contributed by atoms with Crippen molar-refractivity contribution >= 4 is 33.7 Å². The minimum Gasteiger partial charge on any atom is -0.456 e. The number of nitrogens with zero attached hydrogens (tertiary/aromatic N) is 1. The van der Waals surface area contributed by atoms with E-state index in [4.69, 9.17) is 13.9 Å². The number of methoxy groups -OCH3 is 1. The summed E-state index contributed by atoms with van der Waals surface area (Å²) < 4.78 is 16.6. The van der Waals surface area contributed by atoms with Crippen LogP contribution in [0, 0.1) is 0 Å². The summed E-state index contributed by atoms with van der Waals surface area (Å²) in [6.45, 7) is 2.09. The third kappa shape index (κ3) is 3.18. The number of carbonyl (C=O) groups is 1. The Labute approximate surface area is 145 Å². The number of anilines is 1. The normalized spacial score (nSPS) is 18.0. The van der Waals surface area contributed by atoms with Gasteiger partial charge in [-0.2, -0.15) is 0 Å². The fraction of sp³-hybridized carbons (Fsp3) is 0.316. The molecule has 2 aromatic carbocycles. The van der Waals surface area contributed by atoms with Crippen molar-refractivity contribution in [1.82, 2.24) is 4.90 Å². The molecular formula is C19H20N2O4. The molecule has 6 nitrogen and oxygen atoms in total. The van der Waals surface area contributed by atoms with Gasteiger partial charge in [-0.15, -0.1) is 0 Å². The van der Waals surface area contributed by atoms with Gasteiger partial charge in [0, 0.05) is 36.2 Å². The number of hydrogen-bond donors (Lipinski definition) is 1. The van der Waals surface area contributed by atoms with Crippen molar-refractivity contribution in [3.63, 3.8) is 0 Å². The molecule has 0 unspecified atom stereocenters. The van der Waals surface area contributed by atoms with Crippen LogP contribution in [0.15, 0.2) is 46.9 Å². The van der Waals surface area contributed by atoms with Crippen molar-refractivity contribution in [1.29, 1.82) is 0 Å². The Hall–Kier alpha value is -2.57. The number of benzene rings is 2. The lowest BCUT2D eigenvalue weighted by atomic mass is 10.1. The molecule has 1 aliphatic heterocycles. The third-order valence-electron chi connectivity index (χ3n) is 4.41. The van der Waals surface area contributed by atoms with Crippen LogP contribution in [0.5, 0.6) is 0 Å². The Balaban J connectivity index is 1.52. The second-order valence-electron chi connectivity index (χ2n) is 6.13. The van der Waals surface area contributed by atoms with Crippen molar-refractivity contribution in [3.05, 3.63) is 42.5 Å². The second kappa shape index (κ2) is 6.74. The average Bonchev–Trinajstić information content (AvgIpc) is 3.00. The van der Waals surface area contributed by atoms with E-state index in [1.54, 1.807) is 12.0 Å². The van der Waals surface area contributed by atoms with Crippen LogP contribution in [-0.4, -0.2) is 50.4 Å². The highest BCUT2D eigenvalue weighted by Crippen LogP contribution is 2.30. The first-order chi connectivity index (χ1) is 12.2. The van der Waals surface area contributed by atoms with E-state index in [1.165, 1.54) is 0 Å². The Kier molecular flexibility index (Phi) is 4.29. The van der Waals surface area contributed by atoms with E-state index in [0.29, 0.717) is 32.0 Å². The first-order valence-corrected chi connectivity index (χ1v) is 8.32. The molecule has 0 radical (unpaired) electrons. The largest absolute Gasteiger partial charge is 0.456 e. The Morgan fingerprint density at radius 3 is 2.96 bits per heavy atom. The molecule has 6 heteroatoms. The highest BCUT2D eigenvalue weighted by Gasteiger charge is 2.24. The van der Waals surface area contributed by atoms with Crippen molar-refractivity contribution < 1.29 is 18.7 Å². The van der Waals surface area contributed by atoms with E-state index in [2.05, 4.69) is 5.32 Å². The number of fused-ring (bicyclic) bond motifs is 3. The van der Waals surface area contributed by atoms with E-state index in [1.807, 2.05) is 42.5 Å². The standard InChI is InChI=1S/C19H20N2O4/c1-23-12-14-11-21(8-9-24-14)19(22)20-13-6-7-16-15-4-2-3-5-17(15)25-18(16)10-13/h2-7,10,14H,8-9,11-12H2,1H3,(H,20,22)/t14-/m1/s1. The molecule has 1 saturated heterocycles. The SMILES string of the molecule is COC[C@H]1CN(C(=O)Nc2ccc3c(c2)oc2ccccc23)CCO1. The van der Waals surface area contributed by atoms with Gasteiger partial charge in [-0.25, -0.2) is 4.79 Å². The Bertz CT molecular complexity index is 903. The predicted molar refractivity (Wildman–Crippen MR) is 95.9 cm³/mol. The summed E-state index contributed by atoms with van der Waals surface area (Å²) in [6, 6.07) is 13.5. The molecule has 1 fully saturated rings. The zero-order chi connectivity index (χ0) is 17.2. The minimum atomic E-state index is -0.139. The number of rotatable bonds is 3. The third-order valence-corrected chi connectivity index (χ3v) is 4.41. The van der Waals surface area contributed by atoms with Crippen LogP contribution >= 0.6 is 0 Å². The molecule has 1 N–H and O–H groups in total. The van der Waals surface area contributed by atoms with Crippen molar-refractivity contribution in [2.45, 2.75) is 6.10 Å². The van der Waals surface area contributed by atoms with Gasteiger partial charge in [0.05, 0.1) is 25.9 Å². The zero-order valence-corrected chi connectivity index (χ0v) is 14.0. The molecule has 0 spiro atoms. The van der Waals surface area contributed by atoms with E-state index in [0.717, 1.165) is 21.9 Å². The summed E-state index contributed by atoms with van der Waals surface area (Å²) in [5.74, 6) is 0. The Morgan fingerprint density at radius 2 is 2.08 bits per heavy atom. The van der Waals surface area contributed by atoms with Crippen LogP contribution < -0.4 is 5.32 Å². The molecule has 2 heterocycles. The van der Waals surface area contributed by atoms with Crippen molar-refractivity contribution in [2.24, 2.45) is 0 Å². The summed E-state index contributed by atoms with van der Waals surface area (Å²) in [5.41, 5.74) is 2.32. The minimum absolute atomic E-state index is 0.0812. The molecule has 3 aromatic rings. The molecule has 0 saturated carbocycles. The predicted octanol–water partition coefficient (Wildman–Crippen LogP) is 3.47. The van der Waals surface area contributed by atoms with Gasteiger partial charge in [0.1, 0.15) is 11.2 Å². The number of amides is 2. The smallest absolute Gasteiger partial charge is 0.322 e. The van der Waals surface area contributed by atoms with Gasteiger partial charge >= 0.3 is 6.03 Å². The first-order valence-electron chi connectivity index (χ1n) is 8.32. The van der Waals surface area contributed by atoms with Crippen LogP contribution in [0.3, 0.4) is 0 Å². The summed E-state index contributed by atoms with van der Waals surface area (Å²) >= 11 is 0. The maximum absolute atomic E-state index is 12.5. The highest BCUT2D eigenvalue weighted by atomic mass is 16.5. The van der Waals surface area contributed by atoms with Crippen LogP contribution in [0.25, 0.3) is 21.9 Å². The van der Waals surface area contributed by atoms with Gasteiger partial charge in [0.25, 0.3) is 0 Å². The monoisotopic (exact) mass is 340 g/mol. The topological polar surface area (TPSA) is 63.9 Å². The number of furan rings is 1. The fourth-order valence-electron chi connectivity index (χ4n) is 3.20. The molecule has 0 aliphatic carbocycles. The lowest BCUT2D eigenvalue weighted by Gasteiger charge is -2.32. The first kappa shape index (κ1) is 15.9. The quantitative estimate of drug-likeness (QED) is 0.793. The zero-order valence-electron chi connectivity index (χ0n) is 14.0. The number of morpholine rings is 1. The molecule has 0 bridgehead atoms. The number of nitrogens with one attached hydrogen (secondary N) is 1. The van der Waals surface area contributed by atoms with E-state index < -0.39 is 0 Å². The number of carbonyl (C=O) groups excluding carboxylic acids is 1. The lowest BCUT2D eigenvalue weighted by molar-refractivity contribution is -0.0481. The fourth-order valence-corrected chi connectivity index (χ4v) is 3.20. The van der Waals surface area contributed by atoms with E-state index in [9.17, 15) is 4.79 Å². The van der Waals surface area contributed by atoms with Gasteiger partial charge in [0.15, 0.2) is 0 Å². The van der Waals surface area contributed by atoms with Crippen LogP contribution in [0.2, 0.25) is 0 Å². The average molecular weight is 340 g/mol. The van der Waals surface area contributed by atoms with Crippen molar-refractivity contribution in [2.75, 3.05) is 38.7 Å². The number of para-hydroxylation sites is 1. The molecule has 1 aromatic heterocycles. The van der Waals surface area contributed by atoms with Crippen LogP contribution in [0.1, 0.15) is 0 Å². The van der Waals surface area contributed by atoms with Crippen LogP contribution in [-0.2, 0) is 9.47 Å². The summed E-state index contributed by atoms with van der Waals surface area (Å²) in [5, 5.41) is 5.06. The maximum Gasteiger partial charge on any atom is 0.322 e. The summed E-state index contributed by atoms with van der Waals surface area (Å²) in [4.78, 5) is 14.3. The lowest BCUT2D eigenvalue weighted by Crippen LogP contribution is -2.48. The molecule has 130 valence electrons. The second-order valence-corrected chi connectivity index (χ2v) is 6.13. The van der Waals surface area contributed by atoms with Gasteiger partial charge in [0.2, 0.25) is 0 Å². The van der Waals surface area contributed by atoms with Crippen molar-refractivity contribution in [3.8, 4) is 0 Å². The Morgan fingerprint density at radius 1 is 1.24 bits per heavy atom. The van der Waals surface area contributed by atoms with Gasteiger partial charge in [-0.05, 0) is 18.2 Å². The summed E-state index contributed by atoms with van der Waals surface area (Å²) in [7, 11) is 1.63. The number of ether oxygens (including phenoxy) is 2. The molecule has 2 amide bonds. The van der Waals surface area contributed by atoms with Gasteiger partial charge < -0.3 is 24.1 Å². The molecular weight excluding hydrogens is 320 g/mol. The molecule has 25 heavy (non-hydrogen) atoms. The molecule has 4 rings (SSSR count). The van der Waals surface area contributed by atoms with E-state index >= 15 is 0 Å². The maximum atomic E-state index is 12.5. The molecule has 1 atom stereocenters. The van der Waals surface area contributed by atoms with Crippen LogP contribution in [0.4, 0.5) is 10.5 Å². The molecule has 1 aliphatic rings. The number of hydrogen-bond acceptors (Lipinski definition) is 4. The highest BCUT2D eigenvalue weighted by molar-refractivity contribution is 6.06.